The van der Waals surface area contributed by atoms with Gasteiger partial charge in [-0.3, -0.25) is 14.9 Å². The Labute approximate surface area is 124 Å². The Morgan fingerprint density at radius 1 is 1.55 bits per heavy atom. The molecule has 1 aliphatic heterocycles. The van der Waals surface area contributed by atoms with E-state index < -0.39 is 10.9 Å². The molecule has 0 aromatic heterocycles. The van der Waals surface area contributed by atoms with Gasteiger partial charge in [0, 0.05) is 36.1 Å². The number of benzene rings is 1. The van der Waals surface area contributed by atoms with Gasteiger partial charge in [-0.05, 0) is 40.8 Å². The van der Waals surface area contributed by atoms with Gasteiger partial charge in [-0.1, -0.05) is 0 Å². The van der Waals surface area contributed by atoms with Crippen LogP contribution < -0.4 is 4.90 Å². The first-order valence-electron chi connectivity index (χ1n) is 6.38. The number of halogens is 1. The number of nitro groups is 1. The van der Waals surface area contributed by atoms with E-state index in [-0.39, 0.29) is 18.0 Å². The third-order valence-corrected chi connectivity index (χ3v) is 4.10. The van der Waals surface area contributed by atoms with Crippen LogP contribution in [0.2, 0.25) is 0 Å². The number of anilines is 1. The van der Waals surface area contributed by atoms with Crippen molar-refractivity contribution in [3.8, 4) is 0 Å². The minimum absolute atomic E-state index is 0.0414. The molecule has 1 aromatic carbocycles. The number of piperidine rings is 1. The van der Waals surface area contributed by atoms with Crippen LogP contribution in [0.5, 0.6) is 0 Å². The van der Waals surface area contributed by atoms with Gasteiger partial charge in [0.25, 0.3) is 5.69 Å². The summed E-state index contributed by atoms with van der Waals surface area (Å²) < 4.78 is 0.669. The van der Waals surface area contributed by atoms with Crippen molar-refractivity contribution in [3.63, 3.8) is 0 Å². The van der Waals surface area contributed by atoms with E-state index in [1.54, 1.807) is 6.07 Å². The maximum atomic E-state index is 10.8. The van der Waals surface area contributed by atoms with Gasteiger partial charge in [0.15, 0.2) is 0 Å². The van der Waals surface area contributed by atoms with Crippen LogP contribution in [0.3, 0.4) is 0 Å². The lowest BCUT2D eigenvalue weighted by Gasteiger charge is -2.34. The predicted octanol–water partition coefficient (Wildman–Crippen LogP) is 3.05. The predicted molar refractivity (Wildman–Crippen MR) is 78.0 cm³/mol. The summed E-state index contributed by atoms with van der Waals surface area (Å²) in [5.41, 5.74) is 0.922. The molecule has 1 aliphatic rings. The molecule has 1 fully saturated rings. The van der Waals surface area contributed by atoms with Crippen molar-refractivity contribution < 1.29 is 14.8 Å². The SMILES string of the molecule is O=C(O)CC1CCCN(c2ccc([N+](=O)[O-])cc2Br)C1. The average molecular weight is 343 g/mol. The number of carbonyl (C=O) groups is 1. The first-order valence-corrected chi connectivity index (χ1v) is 7.17. The van der Waals surface area contributed by atoms with E-state index in [0.29, 0.717) is 11.0 Å². The van der Waals surface area contributed by atoms with E-state index in [4.69, 9.17) is 5.11 Å². The molecular weight excluding hydrogens is 328 g/mol. The third-order valence-electron chi connectivity index (χ3n) is 3.47. The van der Waals surface area contributed by atoms with E-state index in [1.807, 2.05) is 0 Å². The molecule has 1 saturated heterocycles. The number of aliphatic carboxylic acids is 1. The minimum atomic E-state index is -0.778. The standard InChI is InChI=1S/C13H15BrN2O4/c14-11-7-10(16(19)20)3-4-12(11)15-5-1-2-9(8-15)6-13(17)18/h3-4,7,9H,1-2,5-6,8H2,(H,17,18). The van der Waals surface area contributed by atoms with Crippen LogP contribution >= 0.6 is 15.9 Å². The Kier molecular flexibility index (Phi) is 4.59. The van der Waals surface area contributed by atoms with Crippen LogP contribution in [0.15, 0.2) is 22.7 Å². The summed E-state index contributed by atoms with van der Waals surface area (Å²) in [4.78, 5) is 23.2. The van der Waals surface area contributed by atoms with Crippen molar-refractivity contribution in [1.82, 2.24) is 0 Å². The Balaban J connectivity index is 2.14. The summed E-state index contributed by atoms with van der Waals surface area (Å²) in [6.07, 6.45) is 2.01. The molecule has 1 N–H and O–H groups in total. The molecule has 0 spiro atoms. The molecule has 2 rings (SSSR count). The number of non-ortho nitro benzene ring substituents is 1. The van der Waals surface area contributed by atoms with Crippen molar-refractivity contribution in [3.05, 3.63) is 32.8 Å². The number of carboxylic acid groups (broad SMARTS) is 1. The van der Waals surface area contributed by atoms with Crippen molar-refractivity contribution in [1.29, 1.82) is 0 Å². The number of nitro benzene ring substituents is 1. The normalized spacial score (nSPS) is 18.9. The smallest absolute Gasteiger partial charge is 0.303 e. The van der Waals surface area contributed by atoms with E-state index in [1.165, 1.54) is 12.1 Å². The molecule has 1 heterocycles. The van der Waals surface area contributed by atoms with Crippen LogP contribution in [0, 0.1) is 16.0 Å². The highest BCUT2D eigenvalue weighted by molar-refractivity contribution is 9.10. The zero-order valence-corrected chi connectivity index (χ0v) is 12.4. The number of nitrogens with zero attached hydrogens (tertiary/aromatic N) is 2. The fourth-order valence-electron chi connectivity index (χ4n) is 2.56. The van der Waals surface area contributed by atoms with Gasteiger partial charge in [0.2, 0.25) is 0 Å². The number of rotatable bonds is 4. The monoisotopic (exact) mass is 342 g/mol. The van der Waals surface area contributed by atoms with Gasteiger partial charge in [-0.15, -0.1) is 0 Å². The van der Waals surface area contributed by atoms with Crippen molar-refractivity contribution in [2.75, 3.05) is 18.0 Å². The molecule has 0 amide bonds. The quantitative estimate of drug-likeness (QED) is 0.671. The Morgan fingerprint density at radius 2 is 2.30 bits per heavy atom. The maximum Gasteiger partial charge on any atom is 0.303 e. The van der Waals surface area contributed by atoms with Gasteiger partial charge in [0.1, 0.15) is 0 Å². The Hall–Kier alpha value is -1.63. The summed E-state index contributed by atoms with van der Waals surface area (Å²) >= 11 is 3.36. The van der Waals surface area contributed by atoms with Crippen molar-refractivity contribution in [2.24, 2.45) is 5.92 Å². The Bertz CT molecular complexity index is 535. The fourth-order valence-corrected chi connectivity index (χ4v) is 3.18. The van der Waals surface area contributed by atoms with Crippen LogP contribution in [0.4, 0.5) is 11.4 Å². The molecule has 0 bridgehead atoms. The topological polar surface area (TPSA) is 83.7 Å². The zero-order chi connectivity index (χ0) is 14.7. The maximum absolute atomic E-state index is 10.8. The van der Waals surface area contributed by atoms with Gasteiger partial charge >= 0.3 is 5.97 Å². The zero-order valence-electron chi connectivity index (χ0n) is 10.8. The average Bonchev–Trinajstić information content (AvgIpc) is 2.38. The molecule has 0 aliphatic carbocycles. The van der Waals surface area contributed by atoms with E-state index in [2.05, 4.69) is 20.8 Å². The Morgan fingerprint density at radius 3 is 2.90 bits per heavy atom. The van der Waals surface area contributed by atoms with E-state index >= 15 is 0 Å². The molecule has 1 atom stereocenters. The molecule has 0 saturated carbocycles. The highest BCUT2D eigenvalue weighted by Gasteiger charge is 2.24. The molecular formula is C13H15BrN2O4. The van der Waals surface area contributed by atoms with Gasteiger partial charge < -0.3 is 10.0 Å². The first kappa shape index (κ1) is 14.8. The summed E-state index contributed by atoms with van der Waals surface area (Å²) in [5, 5.41) is 19.6. The summed E-state index contributed by atoms with van der Waals surface area (Å²) in [5.74, 6) is -0.650. The van der Waals surface area contributed by atoms with E-state index in [0.717, 1.165) is 25.1 Å². The number of hydrogen-bond donors (Lipinski definition) is 1. The second kappa shape index (κ2) is 6.21. The van der Waals surface area contributed by atoms with Gasteiger partial charge in [-0.25, -0.2) is 0 Å². The molecule has 7 heteroatoms. The first-order chi connectivity index (χ1) is 9.47. The fraction of sp³-hybridized carbons (Fsp3) is 0.462. The largest absolute Gasteiger partial charge is 0.481 e. The van der Waals surface area contributed by atoms with Gasteiger partial charge in [0.05, 0.1) is 10.6 Å². The molecule has 20 heavy (non-hydrogen) atoms. The van der Waals surface area contributed by atoms with Crippen LogP contribution in [-0.4, -0.2) is 29.1 Å². The highest BCUT2D eigenvalue weighted by Crippen LogP contribution is 2.33. The molecule has 108 valence electrons. The second-order valence-corrected chi connectivity index (χ2v) is 5.80. The lowest BCUT2D eigenvalue weighted by atomic mass is 9.94. The van der Waals surface area contributed by atoms with Gasteiger partial charge in [-0.2, -0.15) is 0 Å². The lowest BCUT2D eigenvalue weighted by molar-refractivity contribution is -0.384. The number of hydrogen-bond acceptors (Lipinski definition) is 4. The summed E-state index contributed by atoms with van der Waals surface area (Å²) in [6.45, 7) is 1.51. The molecule has 6 nitrogen and oxygen atoms in total. The molecule has 0 radical (unpaired) electrons. The highest BCUT2D eigenvalue weighted by atomic mass is 79.9. The summed E-state index contributed by atoms with van der Waals surface area (Å²) in [6, 6.07) is 4.67. The molecule has 1 aromatic rings. The minimum Gasteiger partial charge on any atom is -0.481 e. The van der Waals surface area contributed by atoms with Crippen LogP contribution in [0.1, 0.15) is 19.3 Å². The van der Waals surface area contributed by atoms with Crippen molar-refractivity contribution in [2.45, 2.75) is 19.3 Å². The van der Waals surface area contributed by atoms with E-state index in [9.17, 15) is 14.9 Å². The summed E-state index contributed by atoms with van der Waals surface area (Å²) in [7, 11) is 0. The van der Waals surface area contributed by atoms with Crippen LogP contribution in [-0.2, 0) is 4.79 Å². The number of carboxylic acids is 1. The molecule has 1 unspecified atom stereocenters. The van der Waals surface area contributed by atoms with Crippen LogP contribution in [0.25, 0.3) is 0 Å². The van der Waals surface area contributed by atoms with Crippen molar-refractivity contribution >= 4 is 33.3 Å². The lowest BCUT2D eigenvalue weighted by Crippen LogP contribution is -2.36. The second-order valence-electron chi connectivity index (χ2n) is 4.94. The third kappa shape index (κ3) is 3.47.